The maximum Gasteiger partial charge on any atom is 0.160 e. The molecule has 0 atom stereocenters. The third-order valence-corrected chi connectivity index (χ3v) is 3.55. The molecular weight excluding hydrogens is 276 g/mol. The largest absolute Gasteiger partial charge is 0.508 e. The lowest BCUT2D eigenvalue weighted by Crippen LogP contribution is -1.86. The molecule has 22 heavy (non-hydrogen) atoms. The number of aromatic hydroxyl groups is 2. The summed E-state index contributed by atoms with van der Waals surface area (Å²) < 4.78 is 4.94. The molecule has 3 nitrogen and oxygen atoms in total. The molecule has 0 aliphatic carbocycles. The standard InChI is InChI=1S/C10H14O.C9H12O2/c1-7(2)9-5-4-8(3)10(11)6-9;1-3-7-4-5-8(10)9(6-7)11-2/h4-7,11H,1-3H3;4-6,10H,3H2,1-2H3. The molecule has 0 unspecified atom stereocenters. The Morgan fingerprint density at radius 1 is 1.00 bits per heavy atom. The second-order valence-corrected chi connectivity index (χ2v) is 5.56. The Balaban J connectivity index is 0.000000220. The Morgan fingerprint density at radius 2 is 1.68 bits per heavy atom. The highest BCUT2D eigenvalue weighted by molar-refractivity contribution is 5.41. The number of benzene rings is 2. The van der Waals surface area contributed by atoms with Crippen LogP contribution in [0.2, 0.25) is 0 Å². The predicted molar refractivity (Wildman–Crippen MR) is 91.0 cm³/mol. The maximum atomic E-state index is 9.35. The molecule has 0 saturated carbocycles. The molecule has 0 saturated heterocycles. The van der Waals surface area contributed by atoms with Crippen LogP contribution < -0.4 is 4.74 Å². The Hall–Kier alpha value is -2.16. The number of rotatable bonds is 3. The van der Waals surface area contributed by atoms with Crippen LogP contribution in [-0.2, 0) is 6.42 Å². The van der Waals surface area contributed by atoms with Crippen molar-refractivity contribution in [2.45, 2.75) is 40.0 Å². The second kappa shape index (κ2) is 8.32. The first-order valence-electron chi connectivity index (χ1n) is 7.54. The van der Waals surface area contributed by atoms with Gasteiger partial charge in [0.15, 0.2) is 11.5 Å². The first-order chi connectivity index (χ1) is 10.4. The summed E-state index contributed by atoms with van der Waals surface area (Å²) in [4.78, 5) is 0. The summed E-state index contributed by atoms with van der Waals surface area (Å²) in [7, 11) is 1.55. The van der Waals surface area contributed by atoms with E-state index in [1.54, 1.807) is 13.2 Å². The Bertz CT molecular complexity index is 604. The molecule has 0 radical (unpaired) electrons. The van der Waals surface area contributed by atoms with Gasteiger partial charge in [0.1, 0.15) is 5.75 Å². The van der Waals surface area contributed by atoms with Gasteiger partial charge >= 0.3 is 0 Å². The minimum atomic E-state index is 0.199. The summed E-state index contributed by atoms with van der Waals surface area (Å²) in [5, 5.41) is 18.6. The number of methoxy groups -OCH3 is 1. The van der Waals surface area contributed by atoms with E-state index in [9.17, 15) is 10.2 Å². The maximum absolute atomic E-state index is 9.35. The lowest BCUT2D eigenvalue weighted by atomic mass is 10.0. The molecule has 2 aromatic rings. The molecule has 0 amide bonds. The molecule has 0 aliphatic heterocycles. The molecule has 120 valence electrons. The van der Waals surface area contributed by atoms with Gasteiger partial charge in [0.05, 0.1) is 7.11 Å². The SMILES string of the molecule is CCc1ccc(O)c(OC)c1.Cc1ccc(C(C)C)cc1O. The van der Waals surface area contributed by atoms with Gasteiger partial charge in [0.25, 0.3) is 0 Å². The molecule has 2 rings (SSSR count). The van der Waals surface area contributed by atoms with Crippen LogP contribution in [0.1, 0.15) is 43.4 Å². The molecule has 3 heteroatoms. The Labute approximate surface area is 133 Å². The highest BCUT2D eigenvalue weighted by atomic mass is 16.5. The first kappa shape index (κ1) is 17.9. The summed E-state index contributed by atoms with van der Waals surface area (Å²) in [5.74, 6) is 1.63. The van der Waals surface area contributed by atoms with E-state index in [0.717, 1.165) is 12.0 Å². The summed E-state index contributed by atoms with van der Waals surface area (Å²) in [6.07, 6.45) is 0.955. The lowest BCUT2D eigenvalue weighted by Gasteiger charge is -2.06. The van der Waals surface area contributed by atoms with Crippen LogP contribution in [0.4, 0.5) is 0 Å². The van der Waals surface area contributed by atoms with Gasteiger partial charge in [-0.05, 0) is 54.2 Å². The van der Waals surface area contributed by atoms with E-state index in [4.69, 9.17) is 4.74 Å². The van der Waals surface area contributed by atoms with Crippen LogP contribution in [0.15, 0.2) is 36.4 Å². The fourth-order valence-corrected chi connectivity index (χ4v) is 1.93. The van der Waals surface area contributed by atoms with Gasteiger partial charge in [0.2, 0.25) is 0 Å². The molecule has 2 aromatic carbocycles. The number of aryl methyl sites for hydroxylation is 2. The van der Waals surface area contributed by atoms with Crippen molar-refractivity contribution in [2.24, 2.45) is 0 Å². The monoisotopic (exact) mass is 302 g/mol. The van der Waals surface area contributed by atoms with Gasteiger partial charge in [-0.2, -0.15) is 0 Å². The molecule has 0 bridgehead atoms. The minimum Gasteiger partial charge on any atom is -0.508 e. The average molecular weight is 302 g/mol. The molecule has 2 N–H and O–H groups in total. The number of ether oxygens (including phenoxy) is 1. The zero-order chi connectivity index (χ0) is 16.7. The Morgan fingerprint density at radius 3 is 2.18 bits per heavy atom. The van der Waals surface area contributed by atoms with Crippen molar-refractivity contribution in [2.75, 3.05) is 7.11 Å². The number of phenolic OH excluding ortho intramolecular Hbond substituents is 2. The van der Waals surface area contributed by atoms with Gasteiger partial charge < -0.3 is 14.9 Å². The highest BCUT2D eigenvalue weighted by Crippen LogP contribution is 2.26. The fourth-order valence-electron chi connectivity index (χ4n) is 1.93. The molecule has 0 aromatic heterocycles. The van der Waals surface area contributed by atoms with Crippen LogP contribution in [-0.4, -0.2) is 17.3 Å². The van der Waals surface area contributed by atoms with Gasteiger partial charge in [-0.25, -0.2) is 0 Å². The third kappa shape index (κ3) is 4.99. The zero-order valence-corrected chi connectivity index (χ0v) is 14.1. The van der Waals surface area contributed by atoms with E-state index < -0.39 is 0 Å². The third-order valence-electron chi connectivity index (χ3n) is 3.55. The van der Waals surface area contributed by atoms with Crippen molar-refractivity contribution in [1.82, 2.24) is 0 Å². The molecule has 0 aliphatic rings. The quantitative estimate of drug-likeness (QED) is 0.857. The van der Waals surface area contributed by atoms with Crippen LogP contribution in [0.3, 0.4) is 0 Å². The van der Waals surface area contributed by atoms with Gasteiger partial charge in [-0.1, -0.05) is 39.0 Å². The van der Waals surface area contributed by atoms with Gasteiger partial charge in [0, 0.05) is 0 Å². The van der Waals surface area contributed by atoms with Crippen molar-refractivity contribution in [3.63, 3.8) is 0 Å². The van der Waals surface area contributed by atoms with E-state index in [0.29, 0.717) is 17.4 Å². The Kier molecular flexibility index (Phi) is 6.77. The summed E-state index contributed by atoms with van der Waals surface area (Å²) in [6, 6.07) is 11.2. The molecule has 0 heterocycles. The number of hydrogen-bond acceptors (Lipinski definition) is 3. The minimum absolute atomic E-state index is 0.199. The summed E-state index contributed by atoms with van der Waals surface area (Å²) >= 11 is 0. The smallest absolute Gasteiger partial charge is 0.160 e. The lowest BCUT2D eigenvalue weighted by molar-refractivity contribution is 0.373. The second-order valence-electron chi connectivity index (χ2n) is 5.56. The van der Waals surface area contributed by atoms with Crippen LogP contribution >= 0.6 is 0 Å². The highest BCUT2D eigenvalue weighted by Gasteiger charge is 2.01. The summed E-state index contributed by atoms with van der Waals surface area (Å²) in [5.41, 5.74) is 3.29. The van der Waals surface area contributed by atoms with Crippen LogP contribution in [0.5, 0.6) is 17.2 Å². The zero-order valence-electron chi connectivity index (χ0n) is 14.1. The molecular formula is C19H26O3. The average Bonchev–Trinajstić information content (AvgIpc) is 2.51. The van der Waals surface area contributed by atoms with Crippen molar-refractivity contribution in [3.8, 4) is 17.2 Å². The van der Waals surface area contributed by atoms with E-state index in [2.05, 4.69) is 26.8 Å². The van der Waals surface area contributed by atoms with Crippen molar-refractivity contribution in [3.05, 3.63) is 53.1 Å². The summed E-state index contributed by atoms with van der Waals surface area (Å²) in [6.45, 7) is 8.19. The molecule has 0 spiro atoms. The van der Waals surface area contributed by atoms with Gasteiger partial charge in [-0.3, -0.25) is 0 Å². The van der Waals surface area contributed by atoms with E-state index in [-0.39, 0.29) is 5.75 Å². The number of hydrogen-bond donors (Lipinski definition) is 2. The van der Waals surface area contributed by atoms with Crippen molar-refractivity contribution in [1.29, 1.82) is 0 Å². The fraction of sp³-hybridized carbons (Fsp3) is 0.368. The van der Waals surface area contributed by atoms with Crippen molar-refractivity contribution < 1.29 is 14.9 Å². The number of phenols is 2. The molecule has 0 fully saturated rings. The normalized spacial score (nSPS) is 10.1. The van der Waals surface area contributed by atoms with Gasteiger partial charge in [-0.15, -0.1) is 0 Å². The van der Waals surface area contributed by atoms with Crippen LogP contribution in [0, 0.1) is 6.92 Å². The topological polar surface area (TPSA) is 49.7 Å². The van der Waals surface area contributed by atoms with E-state index in [1.807, 2.05) is 31.2 Å². The van der Waals surface area contributed by atoms with E-state index >= 15 is 0 Å². The van der Waals surface area contributed by atoms with Crippen LogP contribution in [0.25, 0.3) is 0 Å². The van der Waals surface area contributed by atoms with Crippen molar-refractivity contribution >= 4 is 0 Å². The van der Waals surface area contributed by atoms with E-state index in [1.165, 1.54) is 11.1 Å². The predicted octanol–water partition coefficient (Wildman–Crippen LogP) is 4.79. The first-order valence-corrected chi connectivity index (χ1v) is 7.54.